The molecule has 2 amide bonds. The maximum Gasteiger partial charge on any atom is 0.249 e. The van der Waals surface area contributed by atoms with Crippen LogP contribution in [0.25, 0.3) is 0 Å². The Labute approximate surface area is 123 Å². The van der Waals surface area contributed by atoms with Gasteiger partial charge in [0.1, 0.15) is 0 Å². The zero-order valence-corrected chi connectivity index (χ0v) is 13.6. The maximum atomic E-state index is 12.3. The van der Waals surface area contributed by atoms with Crippen molar-refractivity contribution >= 4 is 17.6 Å². The van der Waals surface area contributed by atoms with E-state index in [4.69, 9.17) is 5.73 Å². The summed E-state index contributed by atoms with van der Waals surface area (Å²) < 4.78 is 0. The Hall–Kier alpha value is -1.39. The van der Waals surface area contributed by atoms with E-state index in [2.05, 4.69) is 44.9 Å². The monoisotopic (exact) mass is 285 g/mol. The minimum atomic E-state index is -0.304. The van der Waals surface area contributed by atoms with Gasteiger partial charge in [0.2, 0.25) is 11.8 Å². The molecule has 2 atom stereocenters. The SMILES string of the molecule is CCC(C)C(C(=O)NCCC(=O)N=C(C)N)C(C)(C)C.[HH]. The fourth-order valence-electron chi connectivity index (χ4n) is 2.40. The average molecular weight is 285 g/mol. The van der Waals surface area contributed by atoms with Gasteiger partial charge in [0.15, 0.2) is 0 Å². The molecule has 20 heavy (non-hydrogen) atoms. The molecule has 0 aromatic rings. The van der Waals surface area contributed by atoms with Crippen LogP contribution < -0.4 is 11.1 Å². The average Bonchev–Trinajstić information content (AvgIpc) is 2.25. The fraction of sp³-hybridized carbons (Fsp3) is 0.800. The normalized spacial score (nSPS) is 15.6. The number of nitrogens with zero attached hydrogens (tertiary/aromatic N) is 1. The molecule has 0 aromatic heterocycles. The van der Waals surface area contributed by atoms with Crippen molar-refractivity contribution in [3.63, 3.8) is 0 Å². The summed E-state index contributed by atoms with van der Waals surface area (Å²) in [6.45, 7) is 12.2. The van der Waals surface area contributed by atoms with E-state index in [9.17, 15) is 9.59 Å². The molecule has 0 saturated carbocycles. The summed E-state index contributed by atoms with van der Waals surface area (Å²) in [5, 5.41) is 2.84. The van der Waals surface area contributed by atoms with Crippen molar-refractivity contribution in [3.8, 4) is 0 Å². The molecule has 0 rings (SSSR count). The molecule has 0 fully saturated rings. The molecule has 0 spiro atoms. The number of carbonyl (C=O) groups excluding carboxylic acids is 2. The standard InChI is InChI=1S/C15H29N3O2.H2/c1-7-10(2)13(15(4,5)6)14(20)17-9-8-12(19)18-11(3)16;/h10,13H,7-9H2,1-6H3,(H,17,20)(H2,16,18,19);1H. The third-order valence-corrected chi connectivity index (χ3v) is 3.37. The topological polar surface area (TPSA) is 84.5 Å². The van der Waals surface area contributed by atoms with Crippen LogP contribution in [0.1, 0.15) is 55.8 Å². The lowest BCUT2D eigenvalue weighted by Gasteiger charge is -2.33. The van der Waals surface area contributed by atoms with Gasteiger partial charge < -0.3 is 11.1 Å². The van der Waals surface area contributed by atoms with Crippen LogP contribution in [0.5, 0.6) is 0 Å². The zero-order chi connectivity index (χ0) is 15.9. The number of aliphatic imine (C=N–C) groups is 1. The van der Waals surface area contributed by atoms with Gasteiger partial charge in [0.05, 0.1) is 5.84 Å². The first-order valence-corrected chi connectivity index (χ1v) is 7.20. The third kappa shape index (κ3) is 6.68. The number of amidine groups is 1. The van der Waals surface area contributed by atoms with Crippen LogP contribution in [-0.4, -0.2) is 24.2 Å². The number of nitrogens with two attached hydrogens (primary N) is 1. The molecule has 0 radical (unpaired) electrons. The predicted octanol–water partition coefficient (Wildman–Crippen LogP) is 2.35. The predicted molar refractivity (Wildman–Crippen MR) is 84.4 cm³/mol. The van der Waals surface area contributed by atoms with Crippen molar-refractivity contribution in [1.82, 2.24) is 5.32 Å². The van der Waals surface area contributed by atoms with Gasteiger partial charge in [-0.3, -0.25) is 9.59 Å². The lowest BCUT2D eigenvalue weighted by Crippen LogP contribution is -2.42. The van der Waals surface area contributed by atoms with Crippen LogP contribution >= 0.6 is 0 Å². The largest absolute Gasteiger partial charge is 0.387 e. The van der Waals surface area contributed by atoms with E-state index in [1.54, 1.807) is 6.92 Å². The molecule has 0 aromatic carbocycles. The van der Waals surface area contributed by atoms with E-state index < -0.39 is 0 Å². The molecule has 0 saturated heterocycles. The highest BCUT2D eigenvalue weighted by Gasteiger charge is 2.34. The zero-order valence-electron chi connectivity index (χ0n) is 13.6. The molecule has 5 heteroatoms. The second kappa shape index (κ2) is 8.02. The molecule has 5 nitrogen and oxygen atoms in total. The number of amides is 2. The van der Waals surface area contributed by atoms with Crippen molar-refractivity contribution < 1.29 is 11.0 Å². The Morgan fingerprint density at radius 2 is 1.90 bits per heavy atom. The highest BCUT2D eigenvalue weighted by Crippen LogP contribution is 2.33. The Morgan fingerprint density at radius 1 is 1.35 bits per heavy atom. The molecule has 0 aliphatic carbocycles. The number of carbonyl (C=O) groups is 2. The summed E-state index contributed by atoms with van der Waals surface area (Å²) in [7, 11) is 0. The van der Waals surface area contributed by atoms with Crippen molar-refractivity contribution in [2.24, 2.45) is 28.0 Å². The Bertz CT molecular complexity index is 372. The van der Waals surface area contributed by atoms with E-state index in [0.717, 1.165) is 6.42 Å². The van der Waals surface area contributed by atoms with Gasteiger partial charge in [-0.1, -0.05) is 41.0 Å². The highest BCUT2D eigenvalue weighted by molar-refractivity contribution is 5.92. The third-order valence-electron chi connectivity index (χ3n) is 3.37. The van der Waals surface area contributed by atoms with Crippen molar-refractivity contribution in [3.05, 3.63) is 0 Å². The molecule has 3 N–H and O–H groups in total. The second-order valence-electron chi connectivity index (χ2n) is 6.42. The summed E-state index contributed by atoms with van der Waals surface area (Å²) in [4.78, 5) is 27.3. The van der Waals surface area contributed by atoms with Gasteiger partial charge in [0.25, 0.3) is 0 Å². The van der Waals surface area contributed by atoms with Crippen LogP contribution in [0.2, 0.25) is 0 Å². The lowest BCUT2D eigenvalue weighted by atomic mass is 9.72. The van der Waals surface area contributed by atoms with Crippen LogP contribution in [0.4, 0.5) is 0 Å². The quantitative estimate of drug-likeness (QED) is 0.580. The van der Waals surface area contributed by atoms with Gasteiger partial charge in [-0.15, -0.1) is 0 Å². The molecule has 0 aliphatic heterocycles. The van der Waals surface area contributed by atoms with E-state index in [-0.39, 0.29) is 36.8 Å². The first kappa shape index (κ1) is 18.6. The maximum absolute atomic E-state index is 12.3. The Morgan fingerprint density at radius 3 is 2.30 bits per heavy atom. The van der Waals surface area contributed by atoms with Gasteiger partial charge in [-0.25, -0.2) is 4.99 Å². The van der Waals surface area contributed by atoms with Gasteiger partial charge in [0, 0.05) is 20.3 Å². The fourth-order valence-corrected chi connectivity index (χ4v) is 2.40. The highest BCUT2D eigenvalue weighted by atomic mass is 16.2. The van der Waals surface area contributed by atoms with Crippen molar-refractivity contribution in [2.45, 2.75) is 54.4 Å². The second-order valence-corrected chi connectivity index (χ2v) is 6.42. The summed E-state index contributed by atoms with van der Waals surface area (Å²) in [6, 6.07) is 0. The molecule has 2 unspecified atom stereocenters. The summed E-state index contributed by atoms with van der Waals surface area (Å²) in [5.74, 6) is 0.181. The van der Waals surface area contributed by atoms with Gasteiger partial charge in [-0.2, -0.15) is 0 Å². The van der Waals surface area contributed by atoms with Crippen molar-refractivity contribution in [2.75, 3.05) is 6.54 Å². The summed E-state index contributed by atoms with van der Waals surface area (Å²) in [5.41, 5.74) is 5.23. The molecule has 118 valence electrons. The summed E-state index contributed by atoms with van der Waals surface area (Å²) >= 11 is 0. The van der Waals surface area contributed by atoms with E-state index >= 15 is 0 Å². The minimum Gasteiger partial charge on any atom is -0.387 e. The van der Waals surface area contributed by atoms with E-state index in [1.807, 2.05) is 0 Å². The van der Waals surface area contributed by atoms with Crippen LogP contribution in [0.15, 0.2) is 4.99 Å². The number of hydrogen-bond donors (Lipinski definition) is 2. The molecular formula is C15H31N3O2. The van der Waals surface area contributed by atoms with E-state index in [1.165, 1.54) is 0 Å². The number of rotatable bonds is 6. The first-order chi connectivity index (χ1) is 9.09. The first-order valence-electron chi connectivity index (χ1n) is 7.20. The lowest BCUT2D eigenvalue weighted by molar-refractivity contribution is -0.130. The molecule has 0 aliphatic rings. The van der Waals surface area contributed by atoms with Crippen LogP contribution in [-0.2, 0) is 9.59 Å². The molecule has 0 bridgehead atoms. The number of hydrogen-bond acceptors (Lipinski definition) is 2. The minimum absolute atomic E-state index is 0. The molecular weight excluding hydrogens is 254 g/mol. The smallest absolute Gasteiger partial charge is 0.249 e. The van der Waals surface area contributed by atoms with E-state index in [0.29, 0.717) is 12.5 Å². The van der Waals surface area contributed by atoms with Crippen LogP contribution in [0, 0.1) is 17.3 Å². The van der Waals surface area contributed by atoms with Crippen LogP contribution in [0.3, 0.4) is 0 Å². The molecule has 0 heterocycles. The Balaban J connectivity index is 0. The van der Waals surface area contributed by atoms with Gasteiger partial charge in [-0.05, 0) is 18.3 Å². The number of nitrogens with one attached hydrogen (secondary N) is 1. The summed E-state index contributed by atoms with van der Waals surface area (Å²) in [6.07, 6.45) is 1.13. The van der Waals surface area contributed by atoms with Crippen molar-refractivity contribution in [1.29, 1.82) is 0 Å². The Kier molecular flexibility index (Phi) is 7.46. The van der Waals surface area contributed by atoms with Gasteiger partial charge >= 0.3 is 0 Å².